The maximum Gasteiger partial charge on any atom is 0.0705 e. The van der Waals surface area contributed by atoms with E-state index in [1.165, 1.54) is 36.4 Å². The largest absolute Gasteiger partial charge is 0.353 e. The second kappa shape index (κ2) is 7.20. The molecular formula is C19H23BrN2S. The number of thiophene rings is 1. The minimum atomic E-state index is 0.511. The number of hydrogen-bond acceptors (Lipinski definition) is 2. The van der Waals surface area contributed by atoms with Gasteiger partial charge in [0.15, 0.2) is 0 Å². The van der Waals surface area contributed by atoms with E-state index in [0.717, 1.165) is 25.8 Å². The van der Waals surface area contributed by atoms with Crippen molar-refractivity contribution < 1.29 is 0 Å². The minimum absolute atomic E-state index is 0.511. The van der Waals surface area contributed by atoms with Crippen LogP contribution in [0.4, 0.5) is 0 Å². The van der Waals surface area contributed by atoms with Gasteiger partial charge >= 0.3 is 0 Å². The van der Waals surface area contributed by atoms with E-state index in [0.29, 0.717) is 5.92 Å². The highest BCUT2D eigenvalue weighted by Gasteiger charge is 2.17. The SMILES string of the molecule is CC(C)c1cccc2c(CCCCN)c(-c3ccc(Br)s3)[nH]c12. The van der Waals surface area contributed by atoms with Gasteiger partial charge in [0.25, 0.3) is 0 Å². The number of hydrogen-bond donors (Lipinski definition) is 2. The topological polar surface area (TPSA) is 41.8 Å². The number of aromatic nitrogens is 1. The third-order valence-corrected chi connectivity index (χ3v) is 5.94. The lowest BCUT2D eigenvalue weighted by atomic mass is 9.97. The van der Waals surface area contributed by atoms with Crippen LogP contribution in [0.2, 0.25) is 0 Å². The highest BCUT2D eigenvalue weighted by atomic mass is 79.9. The number of aryl methyl sites for hydroxylation is 1. The molecule has 0 saturated carbocycles. The third-order valence-electron chi connectivity index (χ3n) is 4.30. The van der Waals surface area contributed by atoms with E-state index in [1.807, 2.05) is 0 Å². The fourth-order valence-corrected chi connectivity index (χ4v) is 4.56. The zero-order chi connectivity index (χ0) is 16.4. The molecule has 1 aromatic carbocycles. The first-order valence-corrected chi connectivity index (χ1v) is 9.82. The second-order valence-corrected chi connectivity index (χ2v) is 8.72. The molecule has 0 aliphatic rings. The monoisotopic (exact) mass is 390 g/mol. The Balaban J connectivity index is 2.16. The Hall–Kier alpha value is -1.10. The average Bonchev–Trinajstić information content (AvgIpc) is 3.11. The zero-order valence-corrected chi connectivity index (χ0v) is 16.1. The number of H-pyrrole nitrogens is 1. The van der Waals surface area contributed by atoms with Gasteiger partial charge in [0.05, 0.1) is 14.4 Å². The normalized spacial score (nSPS) is 11.7. The van der Waals surface area contributed by atoms with Crippen LogP contribution in [-0.2, 0) is 6.42 Å². The van der Waals surface area contributed by atoms with Crippen molar-refractivity contribution in [3.63, 3.8) is 0 Å². The van der Waals surface area contributed by atoms with Crippen LogP contribution >= 0.6 is 27.3 Å². The summed E-state index contributed by atoms with van der Waals surface area (Å²) in [4.78, 5) is 5.03. The van der Waals surface area contributed by atoms with Gasteiger partial charge in [-0.05, 0) is 70.9 Å². The van der Waals surface area contributed by atoms with Gasteiger partial charge < -0.3 is 10.7 Å². The minimum Gasteiger partial charge on any atom is -0.353 e. The van der Waals surface area contributed by atoms with Gasteiger partial charge in [-0.3, -0.25) is 0 Å². The van der Waals surface area contributed by atoms with Crippen molar-refractivity contribution in [3.8, 4) is 10.6 Å². The summed E-state index contributed by atoms with van der Waals surface area (Å²) in [5, 5.41) is 1.37. The first-order chi connectivity index (χ1) is 11.1. The van der Waals surface area contributed by atoms with Crippen molar-refractivity contribution in [1.82, 2.24) is 4.98 Å². The van der Waals surface area contributed by atoms with Crippen LogP contribution in [0, 0.1) is 0 Å². The van der Waals surface area contributed by atoms with Crippen molar-refractivity contribution in [1.29, 1.82) is 0 Å². The molecule has 3 aromatic rings. The molecule has 122 valence electrons. The van der Waals surface area contributed by atoms with Gasteiger partial charge in [-0.1, -0.05) is 32.0 Å². The van der Waals surface area contributed by atoms with Crippen molar-refractivity contribution >= 4 is 38.2 Å². The molecule has 4 heteroatoms. The maximum absolute atomic E-state index is 5.69. The van der Waals surface area contributed by atoms with Gasteiger partial charge in [-0.2, -0.15) is 0 Å². The van der Waals surface area contributed by atoms with Crippen molar-refractivity contribution in [2.75, 3.05) is 6.54 Å². The van der Waals surface area contributed by atoms with E-state index in [-0.39, 0.29) is 0 Å². The maximum atomic E-state index is 5.69. The number of unbranched alkanes of at least 4 members (excludes halogenated alkanes) is 1. The standard InChI is InChI=1S/C19H23BrN2S/c1-12(2)13-7-5-8-14-15(6-3-4-11-21)19(22-18(13)14)16-9-10-17(20)23-16/h5,7-10,12,22H,3-4,6,11,21H2,1-2H3. The number of benzene rings is 1. The Morgan fingerprint density at radius 2 is 2.00 bits per heavy atom. The Kier molecular flexibility index (Phi) is 5.24. The molecule has 0 atom stereocenters. The summed E-state index contributed by atoms with van der Waals surface area (Å²) in [6.45, 7) is 5.27. The Bertz CT molecular complexity index is 801. The predicted octanol–water partition coefficient (Wildman–Crippen LogP) is 6.06. The second-order valence-electron chi connectivity index (χ2n) is 6.25. The first kappa shape index (κ1) is 16.7. The molecule has 2 aromatic heterocycles. The van der Waals surface area contributed by atoms with Crippen LogP contribution in [0.3, 0.4) is 0 Å². The lowest BCUT2D eigenvalue weighted by Crippen LogP contribution is -1.99. The Morgan fingerprint density at radius 3 is 2.65 bits per heavy atom. The van der Waals surface area contributed by atoms with Crippen molar-refractivity contribution in [2.45, 2.75) is 39.0 Å². The highest BCUT2D eigenvalue weighted by Crippen LogP contribution is 2.38. The van der Waals surface area contributed by atoms with Gasteiger partial charge in [0, 0.05) is 10.9 Å². The summed E-state index contributed by atoms with van der Waals surface area (Å²) in [6, 6.07) is 11.0. The molecule has 3 rings (SSSR count). The number of fused-ring (bicyclic) bond motifs is 1. The van der Waals surface area contributed by atoms with E-state index in [4.69, 9.17) is 5.73 Å². The summed E-state index contributed by atoms with van der Waals surface area (Å²) < 4.78 is 1.17. The number of halogens is 1. The average molecular weight is 391 g/mol. The van der Waals surface area contributed by atoms with E-state index < -0.39 is 0 Å². The van der Waals surface area contributed by atoms with Gasteiger partial charge in [0.1, 0.15) is 0 Å². The van der Waals surface area contributed by atoms with Crippen molar-refractivity contribution in [2.24, 2.45) is 5.73 Å². The molecule has 2 heterocycles. The van der Waals surface area contributed by atoms with Crippen LogP contribution in [0.15, 0.2) is 34.1 Å². The molecule has 0 amide bonds. The molecule has 0 unspecified atom stereocenters. The first-order valence-electron chi connectivity index (χ1n) is 8.21. The van der Waals surface area contributed by atoms with E-state index in [2.05, 4.69) is 65.1 Å². The number of nitrogens with two attached hydrogens (primary N) is 1. The van der Waals surface area contributed by atoms with Crippen LogP contribution < -0.4 is 5.73 Å². The fourth-order valence-electron chi connectivity index (χ4n) is 3.14. The molecule has 0 fully saturated rings. The molecular weight excluding hydrogens is 368 g/mol. The molecule has 2 nitrogen and oxygen atoms in total. The summed E-state index contributed by atoms with van der Waals surface area (Å²) in [7, 11) is 0. The Labute approximate surface area is 150 Å². The molecule has 0 aliphatic heterocycles. The van der Waals surface area contributed by atoms with E-state index in [9.17, 15) is 0 Å². The quantitative estimate of drug-likeness (QED) is 0.493. The van der Waals surface area contributed by atoms with Crippen LogP contribution in [0.1, 0.15) is 43.7 Å². The van der Waals surface area contributed by atoms with Crippen LogP contribution in [0.25, 0.3) is 21.5 Å². The number of rotatable bonds is 6. The number of para-hydroxylation sites is 1. The smallest absolute Gasteiger partial charge is 0.0705 e. The van der Waals surface area contributed by atoms with Gasteiger partial charge in [0.2, 0.25) is 0 Å². The molecule has 0 radical (unpaired) electrons. The lowest BCUT2D eigenvalue weighted by Gasteiger charge is -2.07. The van der Waals surface area contributed by atoms with Crippen LogP contribution in [-0.4, -0.2) is 11.5 Å². The number of nitrogens with one attached hydrogen (secondary N) is 1. The Morgan fingerprint density at radius 1 is 1.17 bits per heavy atom. The summed E-state index contributed by atoms with van der Waals surface area (Å²) in [5.74, 6) is 0.511. The van der Waals surface area contributed by atoms with E-state index in [1.54, 1.807) is 11.3 Å². The molecule has 0 spiro atoms. The highest BCUT2D eigenvalue weighted by molar-refractivity contribution is 9.11. The van der Waals surface area contributed by atoms with Crippen LogP contribution in [0.5, 0.6) is 0 Å². The summed E-state index contributed by atoms with van der Waals surface area (Å²) in [6.07, 6.45) is 3.28. The summed E-state index contributed by atoms with van der Waals surface area (Å²) >= 11 is 5.37. The van der Waals surface area contributed by atoms with Gasteiger partial charge in [-0.25, -0.2) is 0 Å². The summed E-state index contributed by atoms with van der Waals surface area (Å²) in [5.41, 5.74) is 11.1. The molecule has 0 bridgehead atoms. The molecule has 23 heavy (non-hydrogen) atoms. The lowest BCUT2D eigenvalue weighted by molar-refractivity contribution is 0.748. The zero-order valence-electron chi connectivity index (χ0n) is 13.7. The number of aromatic amines is 1. The molecule has 0 aliphatic carbocycles. The molecule has 3 N–H and O–H groups in total. The van der Waals surface area contributed by atoms with Crippen molar-refractivity contribution in [3.05, 3.63) is 45.2 Å². The fraction of sp³-hybridized carbons (Fsp3) is 0.368. The van der Waals surface area contributed by atoms with Gasteiger partial charge in [-0.15, -0.1) is 11.3 Å². The third kappa shape index (κ3) is 3.39. The van der Waals surface area contributed by atoms with E-state index >= 15 is 0 Å². The predicted molar refractivity (Wildman–Crippen MR) is 105 cm³/mol. The molecule has 0 saturated heterocycles.